The van der Waals surface area contributed by atoms with Crippen molar-refractivity contribution >= 4 is 27.5 Å². The van der Waals surface area contributed by atoms with E-state index in [4.69, 9.17) is 17.4 Å². The van der Waals surface area contributed by atoms with Crippen LogP contribution in [0.4, 0.5) is 0 Å². The Morgan fingerprint density at radius 1 is 1.05 bits per heavy atom. The van der Waals surface area contributed by atoms with Crippen LogP contribution in [0.1, 0.15) is 11.1 Å². The summed E-state index contributed by atoms with van der Waals surface area (Å²) in [5.41, 5.74) is 5.23. The Bertz CT molecular complexity index is 528. The van der Waals surface area contributed by atoms with Crippen LogP contribution in [-0.2, 0) is 12.8 Å². The Morgan fingerprint density at radius 3 is 2.37 bits per heavy atom. The fourth-order valence-electron chi connectivity index (χ4n) is 2.02. The number of hydrogen-bond donors (Lipinski definition) is 2. The van der Waals surface area contributed by atoms with E-state index < -0.39 is 0 Å². The van der Waals surface area contributed by atoms with Crippen LogP contribution in [0, 0.1) is 0 Å². The minimum atomic E-state index is 0.168. The van der Waals surface area contributed by atoms with E-state index in [9.17, 15) is 0 Å². The van der Waals surface area contributed by atoms with Crippen LogP contribution in [0.3, 0.4) is 0 Å². The molecular weight excluding hydrogens is 324 g/mol. The normalized spacial score (nSPS) is 12.4. The number of rotatable bonds is 5. The zero-order chi connectivity index (χ0) is 13.7. The minimum absolute atomic E-state index is 0.168. The van der Waals surface area contributed by atoms with Crippen molar-refractivity contribution < 1.29 is 0 Å². The zero-order valence-electron chi connectivity index (χ0n) is 10.4. The molecule has 19 heavy (non-hydrogen) atoms. The maximum Gasteiger partial charge on any atom is 0.0438 e. The van der Waals surface area contributed by atoms with E-state index >= 15 is 0 Å². The van der Waals surface area contributed by atoms with E-state index in [1.165, 1.54) is 5.56 Å². The molecule has 0 bridgehead atoms. The summed E-state index contributed by atoms with van der Waals surface area (Å²) in [4.78, 5) is 0. The summed E-state index contributed by atoms with van der Waals surface area (Å²) in [7, 11) is 0. The van der Waals surface area contributed by atoms with Gasteiger partial charge in [-0.3, -0.25) is 11.3 Å². The molecule has 0 aromatic heterocycles. The fourth-order valence-corrected chi connectivity index (χ4v) is 2.50. The van der Waals surface area contributed by atoms with Crippen molar-refractivity contribution in [1.29, 1.82) is 0 Å². The summed E-state index contributed by atoms with van der Waals surface area (Å²) < 4.78 is 1.08. The summed E-state index contributed by atoms with van der Waals surface area (Å²) in [5, 5.41) is 0.790. The quantitative estimate of drug-likeness (QED) is 0.643. The molecule has 1 atom stereocenters. The first kappa shape index (κ1) is 14.5. The molecule has 3 N–H and O–H groups in total. The molecule has 0 spiro atoms. The first-order valence-electron chi connectivity index (χ1n) is 6.13. The van der Waals surface area contributed by atoms with Gasteiger partial charge in [-0.2, -0.15) is 0 Å². The summed E-state index contributed by atoms with van der Waals surface area (Å²) >= 11 is 9.61. The van der Waals surface area contributed by atoms with E-state index in [1.54, 1.807) is 0 Å². The minimum Gasteiger partial charge on any atom is -0.271 e. The van der Waals surface area contributed by atoms with Crippen LogP contribution in [0.25, 0.3) is 0 Å². The topological polar surface area (TPSA) is 38.0 Å². The van der Waals surface area contributed by atoms with Gasteiger partial charge in [0.25, 0.3) is 0 Å². The number of nitrogens with one attached hydrogen (secondary N) is 1. The van der Waals surface area contributed by atoms with Crippen molar-refractivity contribution in [2.45, 2.75) is 18.9 Å². The smallest absolute Gasteiger partial charge is 0.0438 e. The number of benzene rings is 2. The molecule has 4 heteroatoms. The molecule has 0 aliphatic carbocycles. The van der Waals surface area contributed by atoms with Crippen molar-refractivity contribution in [1.82, 2.24) is 5.43 Å². The Balaban J connectivity index is 2.05. The van der Waals surface area contributed by atoms with Crippen molar-refractivity contribution in [2.24, 2.45) is 5.84 Å². The van der Waals surface area contributed by atoms with E-state index in [2.05, 4.69) is 33.5 Å². The molecule has 2 aromatic rings. The Kier molecular flexibility index (Phi) is 5.40. The highest BCUT2D eigenvalue weighted by atomic mass is 79.9. The van der Waals surface area contributed by atoms with E-state index in [0.717, 1.165) is 27.9 Å². The summed E-state index contributed by atoms with van der Waals surface area (Å²) in [5.74, 6) is 5.65. The molecule has 2 aromatic carbocycles. The van der Waals surface area contributed by atoms with Gasteiger partial charge in [0.1, 0.15) is 0 Å². The SMILES string of the molecule is NNC(Cc1ccc(Br)cc1)Cc1ccccc1Cl. The Hall–Kier alpha value is -0.870. The molecule has 0 fully saturated rings. The lowest BCUT2D eigenvalue weighted by Gasteiger charge is -2.17. The average molecular weight is 340 g/mol. The third-order valence-electron chi connectivity index (χ3n) is 3.06. The molecule has 0 radical (unpaired) electrons. The molecule has 2 rings (SSSR count). The van der Waals surface area contributed by atoms with Crippen molar-refractivity contribution in [2.75, 3.05) is 0 Å². The molecule has 1 unspecified atom stereocenters. The number of hydrazine groups is 1. The first-order chi connectivity index (χ1) is 9.19. The van der Waals surface area contributed by atoms with Crippen molar-refractivity contribution in [3.8, 4) is 0 Å². The lowest BCUT2D eigenvalue weighted by Crippen LogP contribution is -2.38. The third-order valence-corrected chi connectivity index (χ3v) is 3.95. The van der Waals surface area contributed by atoms with Crippen molar-refractivity contribution in [3.05, 3.63) is 69.2 Å². The molecule has 0 amide bonds. The van der Waals surface area contributed by atoms with Gasteiger partial charge in [-0.05, 0) is 42.2 Å². The van der Waals surface area contributed by atoms with E-state index in [-0.39, 0.29) is 6.04 Å². The fraction of sp³-hybridized carbons (Fsp3) is 0.200. The summed E-state index contributed by atoms with van der Waals surface area (Å²) in [6.07, 6.45) is 1.68. The summed E-state index contributed by atoms with van der Waals surface area (Å²) in [6, 6.07) is 16.3. The van der Waals surface area contributed by atoms with Gasteiger partial charge in [0.05, 0.1) is 0 Å². The predicted molar refractivity (Wildman–Crippen MR) is 84.1 cm³/mol. The highest BCUT2D eigenvalue weighted by Gasteiger charge is 2.10. The second-order valence-corrected chi connectivity index (χ2v) is 5.81. The van der Waals surface area contributed by atoms with Crippen LogP contribution in [-0.4, -0.2) is 6.04 Å². The van der Waals surface area contributed by atoms with Gasteiger partial charge < -0.3 is 0 Å². The van der Waals surface area contributed by atoms with Gasteiger partial charge in [0.15, 0.2) is 0 Å². The van der Waals surface area contributed by atoms with Gasteiger partial charge >= 0.3 is 0 Å². The molecule has 0 aliphatic heterocycles. The monoisotopic (exact) mass is 338 g/mol. The number of hydrogen-bond acceptors (Lipinski definition) is 2. The lowest BCUT2D eigenvalue weighted by molar-refractivity contribution is 0.522. The van der Waals surface area contributed by atoms with Gasteiger partial charge in [-0.1, -0.05) is 57.9 Å². The number of nitrogens with two attached hydrogens (primary N) is 1. The maximum atomic E-state index is 6.17. The van der Waals surface area contributed by atoms with E-state index in [1.807, 2.05) is 36.4 Å². The molecular formula is C15H16BrClN2. The largest absolute Gasteiger partial charge is 0.271 e. The predicted octanol–water partition coefficient (Wildman–Crippen LogP) is 3.72. The third kappa shape index (κ3) is 4.32. The zero-order valence-corrected chi connectivity index (χ0v) is 12.8. The average Bonchev–Trinajstić information content (AvgIpc) is 2.43. The van der Waals surface area contributed by atoms with Crippen LogP contribution in [0.2, 0.25) is 5.02 Å². The molecule has 0 aliphatic rings. The van der Waals surface area contributed by atoms with Crippen LogP contribution in [0.15, 0.2) is 53.0 Å². The van der Waals surface area contributed by atoms with Gasteiger partial charge in [0, 0.05) is 15.5 Å². The Morgan fingerprint density at radius 2 is 1.74 bits per heavy atom. The number of halogens is 2. The van der Waals surface area contributed by atoms with Gasteiger partial charge in [-0.15, -0.1) is 0 Å². The molecule has 2 nitrogen and oxygen atoms in total. The second kappa shape index (κ2) is 7.06. The lowest BCUT2D eigenvalue weighted by atomic mass is 9.99. The highest BCUT2D eigenvalue weighted by Crippen LogP contribution is 2.18. The molecule has 0 saturated carbocycles. The molecule has 100 valence electrons. The van der Waals surface area contributed by atoms with E-state index in [0.29, 0.717) is 0 Å². The maximum absolute atomic E-state index is 6.17. The first-order valence-corrected chi connectivity index (χ1v) is 7.30. The van der Waals surface area contributed by atoms with Crippen molar-refractivity contribution in [3.63, 3.8) is 0 Å². The van der Waals surface area contributed by atoms with Crippen LogP contribution in [0.5, 0.6) is 0 Å². The Labute approximate surface area is 127 Å². The summed E-state index contributed by atoms with van der Waals surface area (Å²) in [6.45, 7) is 0. The van der Waals surface area contributed by atoms with Crippen LogP contribution < -0.4 is 11.3 Å². The second-order valence-electron chi connectivity index (χ2n) is 4.49. The van der Waals surface area contributed by atoms with Gasteiger partial charge in [-0.25, -0.2) is 0 Å². The highest BCUT2D eigenvalue weighted by molar-refractivity contribution is 9.10. The molecule has 0 saturated heterocycles. The van der Waals surface area contributed by atoms with Crippen LogP contribution >= 0.6 is 27.5 Å². The molecule has 0 heterocycles. The van der Waals surface area contributed by atoms with Gasteiger partial charge in [0.2, 0.25) is 0 Å². The standard InChI is InChI=1S/C15H16BrClN2/c16-13-7-5-11(6-8-13)9-14(19-18)10-12-3-1-2-4-15(12)17/h1-8,14,19H,9-10,18H2.